The number of likely N-dealkylation sites (N-methyl/N-ethyl adjacent to an activating group) is 1. The number of carbonyl (C=O) groups is 2. The van der Waals surface area contributed by atoms with Gasteiger partial charge in [0.25, 0.3) is 0 Å². The van der Waals surface area contributed by atoms with Crippen molar-refractivity contribution in [2.45, 2.75) is 19.5 Å². The molecule has 2 atom stereocenters. The highest BCUT2D eigenvalue weighted by atomic mass is 16.1. The number of nitrogens with two attached hydrogens (primary N) is 2. The van der Waals surface area contributed by atoms with Gasteiger partial charge in [-0.15, -0.1) is 0 Å². The van der Waals surface area contributed by atoms with E-state index in [-0.39, 0.29) is 18.0 Å². The third-order valence-electron chi connectivity index (χ3n) is 5.06. The van der Waals surface area contributed by atoms with Crippen LogP contribution >= 0.6 is 0 Å². The number of amides is 2. The van der Waals surface area contributed by atoms with Crippen molar-refractivity contribution in [3.05, 3.63) is 71.8 Å². The van der Waals surface area contributed by atoms with E-state index in [1.165, 1.54) is 18.1 Å². The summed E-state index contributed by atoms with van der Waals surface area (Å²) in [6.45, 7) is 5.40. The Balaban J connectivity index is 0.000000771. The summed E-state index contributed by atoms with van der Waals surface area (Å²) in [7, 11) is 2.33. The Labute approximate surface area is 173 Å². The van der Waals surface area contributed by atoms with E-state index >= 15 is 0 Å². The van der Waals surface area contributed by atoms with E-state index in [1.807, 2.05) is 0 Å². The molecule has 1 aliphatic heterocycles. The van der Waals surface area contributed by atoms with Gasteiger partial charge < -0.3 is 22.1 Å². The maximum Gasteiger partial charge on any atom is 0.231 e. The van der Waals surface area contributed by atoms with Crippen molar-refractivity contribution < 1.29 is 14.1 Å². The van der Waals surface area contributed by atoms with Gasteiger partial charge in [0.1, 0.15) is 12.6 Å². The van der Waals surface area contributed by atoms with Gasteiger partial charge in [-0.05, 0) is 0 Å². The van der Waals surface area contributed by atoms with Gasteiger partial charge >= 0.3 is 0 Å². The van der Waals surface area contributed by atoms with Crippen molar-refractivity contribution in [3.8, 4) is 0 Å². The summed E-state index contributed by atoms with van der Waals surface area (Å²) < 4.78 is 0.948. The molecule has 7 N–H and O–H groups in total. The Morgan fingerprint density at radius 2 is 1.55 bits per heavy atom. The standard InChI is InChI=1S/C20H25N3O.C2H5NO.H3N/c1-23(16-17-8-4-2-5-9-17)13-12-22(15-20(21)24)14-19(23)18-10-6-3-7-11-18;1-2(3)4;/h2-11,19H,12-16H2,1H3,(H-,21,24);1H3,(H2,3,4);1H3/p+1. The van der Waals surface area contributed by atoms with Gasteiger partial charge in [-0.25, -0.2) is 0 Å². The average Bonchev–Trinajstić information content (AvgIpc) is 2.64. The first-order valence-electron chi connectivity index (χ1n) is 9.50. The maximum absolute atomic E-state index is 11.3. The molecule has 2 amide bonds. The Morgan fingerprint density at radius 1 is 1.03 bits per heavy atom. The monoisotopic (exact) mass is 400 g/mol. The number of piperazine rings is 1. The van der Waals surface area contributed by atoms with Crippen molar-refractivity contribution in [3.63, 3.8) is 0 Å². The molecular weight excluding hydrogens is 366 g/mol. The number of nitrogens with zero attached hydrogens (tertiary/aromatic N) is 2. The van der Waals surface area contributed by atoms with Crippen molar-refractivity contribution in [1.82, 2.24) is 11.1 Å². The minimum atomic E-state index is -0.333. The zero-order valence-electron chi connectivity index (χ0n) is 17.5. The van der Waals surface area contributed by atoms with Crippen LogP contribution in [0.15, 0.2) is 60.7 Å². The molecule has 0 aliphatic carbocycles. The molecule has 0 aromatic heterocycles. The fourth-order valence-electron chi connectivity index (χ4n) is 3.75. The third-order valence-corrected chi connectivity index (χ3v) is 5.06. The third kappa shape index (κ3) is 7.65. The second-order valence-electron chi connectivity index (χ2n) is 7.59. The molecule has 3 rings (SSSR count). The molecule has 158 valence electrons. The zero-order valence-corrected chi connectivity index (χ0v) is 17.5. The Kier molecular flexibility index (Phi) is 9.47. The Bertz CT molecular complexity index is 765. The summed E-state index contributed by atoms with van der Waals surface area (Å²) in [6, 6.07) is 21.6. The van der Waals surface area contributed by atoms with Crippen LogP contribution in [-0.2, 0) is 16.1 Å². The number of carbonyl (C=O) groups excluding carboxylic acids is 2. The van der Waals surface area contributed by atoms with Gasteiger partial charge in [0.15, 0.2) is 0 Å². The normalized spacial score (nSPS) is 21.2. The first kappa shape index (κ1) is 24.3. The van der Waals surface area contributed by atoms with E-state index in [9.17, 15) is 9.59 Å². The summed E-state index contributed by atoms with van der Waals surface area (Å²) in [4.78, 5) is 22.7. The number of hydrogen-bond donors (Lipinski definition) is 3. The first-order valence-corrected chi connectivity index (χ1v) is 9.50. The summed E-state index contributed by atoms with van der Waals surface area (Å²) in [5.74, 6) is -0.582. The second-order valence-corrected chi connectivity index (χ2v) is 7.59. The van der Waals surface area contributed by atoms with Crippen LogP contribution in [0, 0.1) is 0 Å². The molecule has 0 radical (unpaired) electrons. The number of quaternary nitrogens is 1. The lowest BCUT2D eigenvalue weighted by Crippen LogP contribution is -2.59. The van der Waals surface area contributed by atoms with Crippen LogP contribution in [0.3, 0.4) is 0 Å². The summed E-state index contributed by atoms with van der Waals surface area (Å²) >= 11 is 0. The van der Waals surface area contributed by atoms with Gasteiger partial charge in [-0.3, -0.25) is 14.5 Å². The summed E-state index contributed by atoms with van der Waals surface area (Å²) in [6.07, 6.45) is 0. The molecule has 7 nitrogen and oxygen atoms in total. The van der Waals surface area contributed by atoms with Gasteiger partial charge in [0, 0.05) is 24.6 Å². The fourth-order valence-corrected chi connectivity index (χ4v) is 3.75. The van der Waals surface area contributed by atoms with Crippen LogP contribution in [0.25, 0.3) is 0 Å². The molecule has 2 aromatic rings. The van der Waals surface area contributed by atoms with Crippen LogP contribution < -0.4 is 17.6 Å². The average molecular weight is 401 g/mol. The lowest BCUT2D eigenvalue weighted by molar-refractivity contribution is -0.956. The van der Waals surface area contributed by atoms with Crippen LogP contribution in [-0.4, -0.2) is 54.4 Å². The van der Waals surface area contributed by atoms with Gasteiger partial charge in [-0.2, -0.15) is 0 Å². The highest BCUT2D eigenvalue weighted by Crippen LogP contribution is 2.33. The Hall–Kier alpha value is -2.74. The van der Waals surface area contributed by atoms with Gasteiger partial charge in [-0.1, -0.05) is 60.7 Å². The smallest absolute Gasteiger partial charge is 0.231 e. The first-order chi connectivity index (χ1) is 13.3. The largest absolute Gasteiger partial charge is 0.370 e. The van der Waals surface area contributed by atoms with Crippen LogP contribution in [0.1, 0.15) is 24.1 Å². The highest BCUT2D eigenvalue weighted by molar-refractivity contribution is 5.75. The molecule has 29 heavy (non-hydrogen) atoms. The van der Waals surface area contributed by atoms with Gasteiger partial charge in [0.2, 0.25) is 11.8 Å². The van der Waals surface area contributed by atoms with Crippen LogP contribution in [0.4, 0.5) is 0 Å². The molecule has 2 unspecified atom stereocenters. The number of benzene rings is 2. The lowest BCUT2D eigenvalue weighted by Gasteiger charge is -2.48. The molecule has 1 fully saturated rings. The molecule has 0 bridgehead atoms. The van der Waals surface area contributed by atoms with E-state index in [0.717, 1.165) is 30.7 Å². The van der Waals surface area contributed by atoms with Crippen molar-refractivity contribution >= 4 is 11.8 Å². The number of primary amides is 2. The molecule has 7 heteroatoms. The molecule has 1 heterocycles. The van der Waals surface area contributed by atoms with E-state index < -0.39 is 0 Å². The van der Waals surface area contributed by atoms with Crippen LogP contribution in [0.2, 0.25) is 0 Å². The minimum Gasteiger partial charge on any atom is -0.370 e. The molecule has 0 spiro atoms. The molecule has 1 saturated heterocycles. The predicted octanol–water partition coefficient (Wildman–Crippen LogP) is 1.83. The van der Waals surface area contributed by atoms with Crippen LogP contribution in [0.5, 0.6) is 0 Å². The molecule has 0 saturated carbocycles. The SMILES string of the molecule is CC(N)=O.C[N+]1(Cc2ccccc2)CCN(CC(N)=O)CC1c1ccccc1.N. The van der Waals surface area contributed by atoms with E-state index in [0.29, 0.717) is 12.6 Å². The number of rotatable bonds is 5. The minimum absolute atomic E-state index is 0. The quantitative estimate of drug-likeness (QED) is 0.662. The number of hydrogen-bond acceptors (Lipinski definition) is 4. The van der Waals surface area contributed by atoms with Gasteiger partial charge in [0.05, 0.1) is 26.7 Å². The second kappa shape index (κ2) is 11.3. The fraction of sp³-hybridized carbons (Fsp3) is 0.364. The Morgan fingerprint density at radius 3 is 2.07 bits per heavy atom. The van der Waals surface area contributed by atoms with E-state index in [2.05, 4.69) is 78.3 Å². The van der Waals surface area contributed by atoms with Crippen molar-refractivity contribution in [1.29, 1.82) is 0 Å². The highest BCUT2D eigenvalue weighted by Gasteiger charge is 2.39. The summed E-state index contributed by atoms with van der Waals surface area (Å²) in [5.41, 5.74) is 12.6. The topological polar surface area (TPSA) is 124 Å². The molecule has 2 aromatic carbocycles. The predicted molar refractivity (Wildman–Crippen MR) is 116 cm³/mol. The van der Waals surface area contributed by atoms with Crippen molar-refractivity contribution in [2.24, 2.45) is 11.5 Å². The molecule has 1 aliphatic rings. The molecular formula is C22H34N5O2+. The van der Waals surface area contributed by atoms with E-state index in [4.69, 9.17) is 5.73 Å². The van der Waals surface area contributed by atoms with Crippen molar-refractivity contribution in [2.75, 3.05) is 33.2 Å². The maximum atomic E-state index is 11.3. The summed E-state index contributed by atoms with van der Waals surface area (Å²) in [5, 5.41) is 0. The zero-order chi connectivity index (χ0) is 20.6. The lowest BCUT2D eigenvalue weighted by atomic mass is 9.98. The van der Waals surface area contributed by atoms with E-state index in [1.54, 1.807) is 0 Å².